The Kier molecular flexibility index (Phi) is 3.69. The van der Waals surface area contributed by atoms with Crippen molar-refractivity contribution in [2.45, 2.75) is 20.5 Å². The fourth-order valence-electron chi connectivity index (χ4n) is 1.78. The van der Waals surface area contributed by atoms with Gasteiger partial charge in [-0.15, -0.1) is 0 Å². The zero-order chi connectivity index (χ0) is 14.0. The van der Waals surface area contributed by atoms with Crippen molar-refractivity contribution >= 4 is 5.69 Å². The third kappa shape index (κ3) is 2.84. The fourth-order valence-corrected chi connectivity index (χ4v) is 1.78. The average molecular weight is 263 g/mol. The molecule has 2 aromatic rings. The van der Waals surface area contributed by atoms with Crippen molar-refractivity contribution in [2.24, 2.45) is 0 Å². The van der Waals surface area contributed by atoms with Crippen molar-refractivity contribution < 1.29 is 13.5 Å². The first-order valence-electron chi connectivity index (χ1n) is 5.91. The highest BCUT2D eigenvalue weighted by Gasteiger charge is 2.09. The van der Waals surface area contributed by atoms with Crippen LogP contribution in [0.25, 0.3) is 0 Å². The molecule has 0 aliphatic rings. The molecule has 0 aliphatic heterocycles. The molecule has 2 aromatic carbocycles. The number of ether oxygens (including phenoxy) is 1. The summed E-state index contributed by atoms with van der Waals surface area (Å²) in [6.45, 7) is 3.70. The molecule has 0 atom stereocenters. The second-order valence-corrected chi connectivity index (χ2v) is 4.48. The molecule has 0 saturated heterocycles. The van der Waals surface area contributed by atoms with Gasteiger partial charge in [0, 0.05) is 11.3 Å². The van der Waals surface area contributed by atoms with E-state index in [1.165, 1.54) is 12.1 Å². The highest BCUT2D eigenvalue weighted by Crippen LogP contribution is 2.25. The van der Waals surface area contributed by atoms with E-state index < -0.39 is 11.6 Å². The van der Waals surface area contributed by atoms with Crippen LogP contribution in [0.3, 0.4) is 0 Å². The van der Waals surface area contributed by atoms with Crippen LogP contribution >= 0.6 is 0 Å². The minimum Gasteiger partial charge on any atom is -0.489 e. The normalized spacial score (nSPS) is 10.5. The minimum atomic E-state index is -0.869. The van der Waals surface area contributed by atoms with Gasteiger partial charge in [0.05, 0.1) is 0 Å². The molecular weight excluding hydrogens is 248 g/mol. The number of hydrogen-bond acceptors (Lipinski definition) is 2. The number of benzene rings is 2. The number of rotatable bonds is 3. The van der Waals surface area contributed by atoms with Gasteiger partial charge in [-0.25, -0.2) is 8.78 Å². The number of aryl methyl sites for hydroxylation is 2. The Morgan fingerprint density at radius 2 is 1.84 bits per heavy atom. The lowest BCUT2D eigenvalue weighted by Crippen LogP contribution is -2.02. The third-order valence-corrected chi connectivity index (χ3v) is 2.98. The lowest BCUT2D eigenvalue weighted by molar-refractivity contribution is 0.295. The van der Waals surface area contributed by atoms with Crippen LogP contribution in [-0.4, -0.2) is 0 Å². The van der Waals surface area contributed by atoms with E-state index in [2.05, 4.69) is 0 Å². The predicted octanol–water partition coefficient (Wildman–Crippen LogP) is 3.74. The van der Waals surface area contributed by atoms with Gasteiger partial charge in [0.2, 0.25) is 0 Å². The van der Waals surface area contributed by atoms with Crippen molar-refractivity contribution in [1.82, 2.24) is 0 Å². The van der Waals surface area contributed by atoms with Crippen molar-refractivity contribution in [2.75, 3.05) is 5.73 Å². The first-order chi connectivity index (χ1) is 8.99. The molecule has 0 amide bonds. The molecule has 0 radical (unpaired) electrons. The number of halogens is 2. The van der Waals surface area contributed by atoms with Crippen LogP contribution in [-0.2, 0) is 6.61 Å². The van der Waals surface area contributed by atoms with E-state index in [4.69, 9.17) is 10.5 Å². The topological polar surface area (TPSA) is 35.2 Å². The Morgan fingerprint density at radius 1 is 1.11 bits per heavy atom. The lowest BCUT2D eigenvalue weighted by Gasteiger charge is -2.12. The summed E-state index contributed by atoms with van der Waals surface area (Å²) in [5, 5.41) is 0. The van der Waals surface area contributed by atoms with E-state index in [-0.39, 0.29) is 12.2 Å². The fraction of sp³-hybridized carbons (Fsp3) is 0.200. The van der Waals surface area contributed by atoms with Gasteiger partial charge in [0.25, 0.3) is 0 Å². The highest BCUT2D eigenvalue weighted by molar-refractivity contribution is 5.53. The minimum absolute atomic E-state index is 0.0200. The Balaban J connectivity index is 2.19. The number of nitrogen functional groups attached to an aromatic ring is 1. The number of anilines is 1. The molecule has 0 unspecified atom stereocenters. The van der Waals surface area contributed by atoms with E-state index in [9.17, 15) is 8.78 Å². The SMILES string of the molecule is Cc1cc(OCc2cccc(F)c2F)c(C)cc1N. The quantitative estimate of drug-likeness (QED) is 0.856. The predicted molar refractivity (Wildman–Crippen MR) is 71.0 cm³/mol. The summed E-state index contributed by atoms with van der Waals surface area (Å²) >= 11 is 0. The van der Waals surface area contributed by atoms with Gasteiger partial charge in [0.15, 0.2) is 11.6 Å². The molecule has 0 heterocycles. The Bertz CT molecular complexity index is 611. The van der Waals surface area contributed by atoms with Crippen molar-refractivity contribution in [3.05, 3.63) is 58.7 Å². The van der Waals surface area contributed by atoms with E-state index in [1.54, 1.807) is 12.1 Å². The van der Waals surface area contributed by atoms with Crippen molar-refractivity contribution in [1.29, 1.82) is 0 Å². The van der Waals surface area contributed by atoms with Crippen LogP contribution in [0.4, 0.5) is 14.5 Å². The summed E-state index contributed by atoms with van der Waals surface area (Å²) in [4.78, 5) is 0. The van der Waals surface area contributed by atoms with E-state index in [0.717, 1.165) is 17.2 Å². The second-order valence-electron chi connectivity index (χ2n) is 4.48. The van der Waals surface area contributed by atoms with Crippen molar-refractivity contribution in [3.8, 4) is 5.75 Å². The second kappa shape index (κ2) is 5.26. The van der Waals surface area contributed by atoms with Crippen molar-refractivity contribution in [3.63, 3.8) is 0 Å². The first-order valence-corrected chi connectivity index (χ1v) is 5.91. The maximum absolute atomic E-state index is 13.5. The van der Waals surface area contributed by atoms with Crippen LogP contribution in [0, 0.1) is 25.5 Å². The van der Waals surface area contributed by atoms with Crippen LogP contribution in [0.2, 0.25) is 0 Å². The third-order valence-electron chi connectivity index (χ3n) is 2.98. The van der Waals surface area contributed by atoms with Gasteiger partial charge in [0.1, 0.15) is 12.4 Å². The Labute approximate surface area is 110 Å². The van der Waals surface area contributed by atoms with Gasteiger partial charge in [-0.05, 0) is 43.2 Å². The van der Waals surface area contributed by atoms with E-state index in [1.807, 2.05) is 13.8 Å². The molecule has 19 heavy (non-hydrogen) atoms. The van der Waals surface area contributed by atoms with Crippen LogP contribution in [0.15, 0.2) is 30.3 Å². The largest absolute Gasteiger partial charge is 0.489 e. The monoisotopic (exact) mass is 263 g/mol. The van der Waals surface area contributed by atoms with Gasteiger partial charge in [-0.3, -0.25) is 0 Å². The lowest BCUT2D eigenvalue weighted by atomic mass is 10.1. The number of nitrogens with two attached hydrogens (primary N) is 1. The molecule has 0 spiro atoms. The molecule has 0 aromatic heterocycles. The summed E-state index contributed by atoms with van der Waals surface area (Å²) in [6.07, 6.45) is 0. The Morgan fingerprint density at radius 3 is 2.58 bits per heavy atom. The molecule has 2 N–H and O–H groups in total. The molecule has 0 aliphatic carbocycles. The van der Waals surface area contributed by atoms with E-state index in [0.29, 0.717) is 11.4 Å². The highest BCUT2D eigenvalue weighted by atomic mass is 19.2. The smallest absolute Gasteiger partial charge is 0.165 e. The van der Waals surface area contributed by atoms with Gasteiger partial charge in [-0.1, -0.05) is 12.1 Å². The molecule has 2 nitrogen and oxygen atoms in total. The molecule has 0 bridgehead atoms. The van der Waals surface area contributed by atoms with E-state index >= 15 is 0 Å². The maximum atomic E-state index is 13.5. The summed E-state index contributed by atoms with van der Waals surface area (Å²) in [5.41, 5.74) is 8.40. The van der Waals surface area contributed by atoms with Crippen LogP contribution in [0.5, 0.6) is 5.75 Å². The average Bonchev–Trinajstić information content (AvgIpc) is 2.37. The molecule has 0 fully saturated rings. The maximum Gasteiger partial charge on any atom is 0.165 e. The molecule has 4 heteroatoms. The standard InChI is InChI=1S/C15H15F2NO/c1-9-7-14(10(2)6-13(9)18)19-8-11-4-3-5-12(16)15(11)17/h3-7H,8,18H2,1-2H3. The van der Waals surface area contributed by atoms with Crippen LogP contribution in [0.1, 0.15) is 16.7 Å². The summed E-state index contributed by atoms with van der Waals surface area (Å²) in [7, 11) is 0. The van der Waals surface area contributed by atoms with Gasteiger partial charge < -0.3 is 10.5 Å². The zero-order valence-corrected chi connectivity index (χ0v) is 10.8. The Hall–Kier alpha value is -2.10. The molecule has 2 rings (SSSR count). The first kappa shape index (κ1) is 13.3. The van der Waals surface area contributed by atoms with Gasteiger partial charge >= 0.3 is 0 Å². The molecule has 100 valence electrons. The zero-order valence-electron chi connectivity index (χ0n) is 10.8. The molecular formula is C15H15F2NO. The summed E-state index contributed by atoms with van der Waals surface area (Å²) < 4.78 is 32.1. The summed E-state index contributed by atoms with van der Waals surface area (Å²) in [6, 6.07) is 7.63. The van der Waals surface area contributed by atoms with Crippen LogP contribution < -0.4 is 10.5 Å². The summed E-state index contributed by atoms with van der Waals surface area (Å²) in [5.74, 6) is -1.12. The number of hydrogen-bond donors (Lipinski definition) is 1. The van der Waals surface area contributed by atoms with Gasteiger partial charge in [-0.2, -0.15) is 0 Å². The molecule has 0 saturated carbocycles.